The highest BCUT2D eigenvalue weighted by Crippen LogP contribution is 1.99. The van der Waals surface area contributed by atoms with Crippen molar-refractivity contribution in [3.63, 3.8) is 0 Å². The molecular weight excluding hydrogens is 116 g/mol. The minimum Gasteiger partial charge on any atom is -0.288 e. The Morgan fingerprint density at radius 1 is 1.56 bits per heavy atom. The van der Waals surface area contributed by atoms with Gasteiger partial charge in [-0.15, -0.1) is 0 Å². The summed E-state index contributed by atoms with van der Waals surface area (Å²) in [4.78, 5) is 20.4. The highest BCUT2D eigenvalue weighted by atomic mass is 16.1. The summed E-state index contributed by atoms with van der Waals surface area (Å²) in [5.41, 5.74) is -0.0301. The van der Waals surface area contributed by atoms with Crippen LogP contribution in [0.15, 0.2) is 23.8 Å². The highest BCUT2D eigenvalue weighted by molar-refractivity contribution is 6.11. The van der Waals surface area contributed by atoms with Crippen molar-refractivity contribution in [1.82, 2.24) is 0 Å². The van der Waals surface area contributed by atoms with Gasteiger partial charge in [0.25, 0.3) is 0 Å². The van der Waals surface area contributed by atoms with Crippen LogP contribution in [-0.2, 0) is 9.59 Å². The fraction of sp³-hybridized carbons (Fsp3) is 0. The highest BCUT2D eigenvalue weighted by Gasteiger charge is 2.04. The third kappa shape index (κ3) is 1.04. The summed E-state index contributed by atoms with van der Waals surface area (Å²) in [5, 5.41) is 0. The summed E-state index contributed by atoms with van der Waals surface area (Å²) in [7, 11) is 0. The molecule has 0 saturated heterocycles. The van der Waals surface area contributed by atoms with E-state index in [2.05, 4.69) is 6.08 Å². The molecule has 0 aromatic rings. The topological polar surface area (TPSA) is 34.1 Å². The number of hydrogen-bond acceptors (Lipinski definition) is 2. The maximum absolute atomic E-state index is 10.6. The fourth-order valence-corrected chi connectivity index (χ4v) is 0.501. The van der Waals surface area contributed by atoms with Gasteiger partial charge < -0.3 is 0 Å². The second-order valence-corrected chi connectivity index (χ2v) is 1.51. The Morgan fingerprint density at radius 2 is 2.33 bits per heavy atom. The van der Waals surface area contributed by atoms with E-state index in [9.17, 15) is 9.59 Å². The molecule has 2 heteroatoms. The first kappa shape index (κ1) is 5.73. The number of ketones is 1. The van der Waals surface area contributed by atoms with E-state index >= 15 is 0 Å². The Hall–Kier alpha value is -1.40. The predicted octanol–water partition coefficient (Wildman–Crippen LogP) is 0.243. The molecule has 2 nitrogen and oxygen atoms in total. The van der Waals surface area contributed by atoms with Gasteiger partial charge in [0, 0.05) is 6.08 Å². The first-order valence-corrected chi connectivity index (χ1v) is 2.40. The summed E-state index contributed by atoms with van der Waals surface area (Å²) in [6, 6.07) is 0. The van der Waals surface area contributed by atoms with Crippen LogP contribution in [-0.4, -0.2) is 11.7 Å². The number of allylic oxidation sites excluding steroid dienone is 5. The Balaban J connectivity index is 3.04. The molecule has 0 unspecified atom stereocenters. The van der Waals surface area contributed by atoms with Crippen LogP contribution in [0.1, 0.15) is 0 Å². The van der Waals surface area contributed by atoms with Crippen molar-refractivity contribution >= 4 is 11.7 Å². The second kappa shape index (κ2) is 2.25. The molecule has 43 valence electrons. The zero-order valence-electron chi connectivity index (χ0n) is 4.55. The Bertz CT molecular complexity index is 240. The number of hydrogen-bond donors (Lipinski definition) is 0. The zero-order chi connectivity index (χ0) is 6.69. The molecule has 0 spiro atoms. The molecule has 1 aliphatic rings. The van der Waals surface area contributed by atoms with Gasteiger partial charge in [-0.25, -0.2) is 4.79 Å². The van der Waals surface area contributed by atoms with Crippen LogP contribution in [0.5, 0.6) is 0 Å². The molecule has 0 atom stereocenters. The van der Waals surface area contributed by atoms with Crippen LogP contribution >= 0.6 is 0 Å². The van der Waals surface area contributed by atoms with Gasteiger partial charge in [-0.2, -0.15) is 0 Å². The normalized spacial score (nSPS) is 16.0. The van der Waals surface area contributed by atoms with E-state index in [0.29, 0.717) is 0 Å². The van der Waals surface area contributed by atoms with E-state index in [1.807, 2.05) is 0 Å². The molecule has 0 N–H and O–H groups in total. The lowest BCUT2D eigenvalue weighted by Gasteiger charge is -1.90. The van der Waals surface area contributed by atoms with Gasteiger partial charge in [-0.05, 0) is 6.08 Å². The monoisotopic (exact) mass is 119 g/mol. The molecule has 1 radical (unpaired) electrons. The molecule has 0 aromatic heterocycles. The van der Waals surface area contributed by atoms with E-state index in [1.54, 1.807) is 0 Å². The summed E-state index contributed by atoms with van der Waals surface area (Å²) in [5.74, 6) is 1.15. The predicted molar refractivity (Wildman–Crippen MR) is 31.2 cm³/mol. The van der Waals surface area contributed by atoms with Gasteiger partial charge in [-0.1, -0.05) is 12.2 Å². The molecule has 0 heterocycles. The summed E-state index contributed by atoms with van der Waals surface area (Å²) < 4.78 is 0. The summed E-state index contributed by atoms with van der Waals surface area (Å²) >= 11 is 0. The molecule has 9 heavy (non-hydrogen) atoms. The number of carbonyl (C=O) groups excluding carboxylic acids is 2. The Kier molecular flexibility index (Phi) is 1.43. The molecular formula is C7H3O2. The SMILES string of the molecule is O=C=C1[C]=CC=CC1=O. The second-order valence-electron chi connectivity index (χ2n) is 1.51. The molecule has 0 saturated carbocycles. The minimum atomic E-state index is -0.326. The Morgan fingerprint density at radius 3 is 2.78 bits per heavy atom. The van der Waals surface area contributed by atoms with E-state index < -0.39 is 0 Å². The smallest absolute Gasteiger partial charge is 0.197 e. The van der Waals surface area contributed by atoms with Gasteiger partial charge >= 0.3 is 0 Å². The van der Waals surface area contributed by atoms with Gasteiger partial charge in [0.05, 0.1) is 0 Å². The van der Waals surface area contributed by atoms with Crippen LogP contribution in [0.4, 0.5) is 0 Å². The summed E-state index contributed by atoms with van der Waals surface area (Å²) in [6.45, 7) is 0. The van der Waals surface area contributed by atoms with Crippen LogP contribution in [0.3, 0.4) is 0 Å². The van der Waals surface area contributed by atoms with Crippen LogP contribution in [0.2, 0.25) is 0 Å². The van der Waals surface area contributed by atoms with E-state index in [1.165, 1.54) is 24.2 Å². The van der Waals surface area contributed by atoms with Crippen molar-refractivity contribution in [3.8, 4) is 0 Å². The lowest BCUT2D eigenvalue weighted by atomic mass is 10.1. The van der Waals surface area contributed by atoms with E-state index in [4.69, 9.17) is 0 Å². The van der Waals surface area contributed by atoms with E-state index in [0.717, 1.165) is 0 Å². The van der Waals surface area contributed by atoms with Crippen molar-refractivity contribution in [1.29, 1.82) is 0 Å². The molecule has 0 aliphatic heterocycles. The average molecular weight is 119 g/mol. The number of carbonyl (C=O) groups is 1. The third-order valence-electron chi connectivity index (χ3n) is 0.920. The van der Waals surface area contributed by atoms with Crippen molar-refractivity contribution in [2.75, 3.05) is 0 Å². The lowest BCUT2D eigenvalue weighted by Crippen LogP contribution is -1.98. The van der Waals surface area contributed by atoms with Crippen LogP contribution < -0.4 is 0 Å². The molecule has 0 bridgehead atoms. The third-order valence-corrected chi connectivity index (χ3v) is 0.920. The lowest BCUT2D eigenvalue weighted by molar-refractivity contribution is -0.111. The molecule has 1 rings (SSSR count). The van der Waals surface area contributed by atoms with Gasteiger partial charge in [0.2, 0.25) is 0 Å². The standard InChI is InChI=1S/C7H3O2/c8-5-6-3-1-2-4-7(6)9/h1-2,4H. The van der Waals surface area contributed by atoms with Crippen molar-refractivity contribution in [2.45, 2.75) is 0 Å². The largest absolute Gasteiger partial charge is 0.288 e. The first-order chi connectivity index (χ1) is 4.34. The molecule has 0 aromatic carbocycles. The maximum Gasteiger partial charge on any atom is 0.197 e. The Labute approximate surface area is 52.2 Å². The first-order valence-electron chi connectivity index (χ1n) is 2.40. The van der Waals surface area contributed by atoms with Crippen molar-refractivity contribution < 1.29 is 9.59 Å². The number of rotatable bonds is 0. The van der Waals surface area contributed by atoms with Crippen LogP contribution in [0.25, 0.3) is 0 Å². The fourth-order valence-electron chi connectivity index (χ4n) is 0.501. The van der Waals surface area contributed by atoms with Crippen molar-refractivity contribution in [2.24, 2.45) is 0 Å². The molecule has 0 fully saturated rings. The van der Waals surface area contributed by atoms with Crippen LogP contribution in [0, 0.1) is 6.08 Å². The summed E-state index contributed by atoms with van der Waals surface area (Å²) in [6.07, 6.45) is 6.79. The minimum absolute atomic E-state index is 0.0301. The maximum atomic E-state index is 10.6. The van der Waals surface area contributed by atoms with Gasteiger partial charge in [-0.3, -0.25) is 4.79 Å². The average Bonchev–Trinajstić information content (AvgIpc) is 1.89. The van der Waals surface area contributed by atoms with Crippen molar-refractivity contribution in [3.05, 3.63) is 29.9 Å². The zero-order valence-corrected chi connectivity index (χ0v) is 4.55. The van der Waals surface area contributed by atoms with Gasteiger partial charge in [0.1, 0.15) is 11.5 Å². The molecule has 1 aliphatic carbocycles. The quantitative estimate of drug-likeness (QED) is 0.338. The molecule has 0 amide bonds. The van der Waals surface area contributed by atoms with Gasteiger partial charge in [0.15, 0.2) is 5.78 Å². The van der Waals surface area contributed by atoms with E-state index in [-0.39, 0.29) is 11.4 Å².